The summed E-state index contributed by atoms with van der Waals surface area (Å²) in [6, 6.07) is 15.7. The monoisotopic (exact) mass is 443 g/mol. The van der Waals surface area contributed by atoms with Crippen molar-refractivity contribution < 1.29 is 4.79 Å². The average Bonchev–Trinajstić information content (AvgIpc) is 3.35. The molecule has 5 rings (SSSR count). The Kier molecular flexibility index (Phi) is 6.18. The van der Waals surface area contributed by atoms with Gasteiger partial charge in [0.15, 0.2) is 0 Å². The molecule has 0 spiro atoms. The van der Waals surface area contributed by atoms with Crippen LogP contribution in [0, 0.1) is 11.8 Å². The van der Waals surface area contributed by atoms with Gasteiger partial charge < -0.3 is 15.1 Å². The van der Waals surface area contributed by atoms with Gasteiger partial charge in [0.25, 0.3) is 5.91 Å². The van der Waals surface area contributed by atoms with Crippen molar-refractivity contribution in [2.75, 3.05) is 36.4 Å². The number of amides is 1. The number of nitrogens with zero attached hydrogens (tertiary/aromatic N) is 2. The van der Waals surface area contributed by atoms with Crippen LogP contribution in [0.4, 0.5) is 11.4 Å². The molecule has 174 valence electrons. The number of piperidine rings is 1. The van der Waals surface area contributed by atoms with Crippen LogP contribution in [0.15, 0.2) is 54.6 Å². The molecule has 3 aliphatic rings. The molecule has 0 aromatic heterocycles. The van der Waals surface area contributed by atoms with E-state index in [0.29, 0.717) is 11.8 Å². The van der Waals surface area contributed by atoms with E-state index in [1.54, 1.807) is 0 Å². The lowest BCUT2D eigenvalue weighted by atomic mass is 9.76. The van der Waals surface area contributed by atoms with Gasteiger partial charge in [0.2, 0.25) is 0 Å². The van der Waals surface area contributed by atoms with Gasteiger partial charge in [-0.2, -0.15) is 0 Å². The number of carbonyl (C=O) groups is 1. The van der Waals surface area contributed by atoms with Crippen molar-refractivity contribution in [3.8, 4) is 0 Å². The number of nitrogens with one attached hydrogen (secondary N) is 1. The maximum atomic E-state index is 13.2. The van der Waals surface area contributed by atoms with Gasteiger partial charge in [-0.25, -0.2) is 0 Å². The van der Waals surface area contributed by atoms with E-state index in [2.05, 4.69) is 79.5 Å². The van der Waals surface area contributed by atoms with Crippen LogP contribution in [0.2, 0.25) is 0 Å². The van der Waals surface area contributed by atoms with Crippen LogP contribution in [-0.4, -0.2) is 37.0 Å². The van der Waals surface area contributed by atoms with Crippen molar-refractivity contribution in [1.82, 2.24) is 4.90 Å². The molecule has 0 saturated carbocycles. The number of likely N-dealkylation sites (tertiary alicyclic amines) is 1. The maximum absolute atomic E-state index is 13.2. The molecule has 1 amide bonds. The number of hydrogen-bond acceptors (Lipinski definition) is 3. The van der Waals surface area contributed by atoms with Crippen molar-refractivity contribution in [1.29, 1.82) is 0 Å². The summed E-state index contributed by atoms with van der Waals surface area (Å²) < 4.78 is 0. The van der Waals surface area contributed by atoms with E-state index in [0.717, 1.165) is 56.9 Å². The third-order valence-corrected chi connectivity index (χ3v) is 8.06. The first-order valence-corrected chi connectivity index (χ1v) is 12.8. The van der Waals surface area contributed by atoms with Crippen LogP contribution in [0.25, 0.3) is 0 Å². The first-order chi connectivity index (χ1) is 16.1. The van der Waals surface area contributed by atoms with Gasteiger partial charge in [0.05, 0.1) is 6.04 Å². The quantitative estimate of drug-likeness (QED) is 0.556. The summed E-state index contributed by atoms with van der Waals surface area (Å²) in [5.74, 6) is 1.77. The fourth-order valence-electron chi connectivity index (χ4n) is 5.93. The van der Waals surface area contributed by atoms with Crippen molar-refractivity contribution in [2.24, 2.45) is 11.8 Å². The minimum atomic E-state index is 0.192. The Labute approximate surface area is 198 Å². The highest BCUT2D eigenvalue weighted by molar-refractivity contribution is 5.95. The minimum absolute atomic E-state index is 0.192. The first kappa shape index (κ1) is 22.1. The van der Waals surface area contributed by atoms with Crippen LogP contribution in [0.3, 0.4) is 0 Å². The molecule has 1 aliphatic carbocycles. The molecule has 3 atom stereocenters. The van der Waals surface area contributed by atoms with E-state index in [1.807, 2.05) is 11.0 Å². The number of carbonyl (C=O) groups excluding carboxylic acids is 1. The van der Waals surface area contributed by atoms with Crippen LogP contribution in [-0.2, 0) is 0 Å². The van der Waals surface area contributed by atoms with Crippen molar-refractivity contribution in [2.45, 2.75) is 52.0 Å². The lowest BCUT2D eigenvalue weighted by molar-refractivity contribution is 0.0697. The largest absolute Gasteiger partial charge is 0.378 e. The standard InChI is InChI=1S/C29H37N3O/c1-4-31(5-2)23-12-9-21(10-13-23)28-25-8-6-7-24(25)26-19-22(11-14-27(26)30-28)29(33)32-17-15-20(3)16-18-32/h6-7,9-14,19-20,24-25,28,30H,4-5,8,15-18H2,1-3H3. The lowest BCUT2D eigenvalue weighted by Gasteiger charge is -2.38. The van der Waals surface area contributed by atoms with E-state index >= 15 is 0 Å². The molecule has 3 unspecified atom stereocenters. The summed E-state index contributed by atoms with van der Waals surface area (Å²) in [6.07, 6.45) is 7.98. The zero-order valence-electron chi connectivity index (χ0n) is 20.3. The van der Waals surface area contributed by atoms with E-state index in [1.165, 1.54) is 22.5 Å². The molecule has 1 N–H and O–H groups in total. The predicted octanol–water partition coefficient (Wildman–Crippen LogP) is 6.23. The highest BCUT2D eigenvalue weighted by Crippen LogP contribution is 2.50. The van der Waals surface area contributed by atoms with Crippen LogP contribution in [0.5, 0.6) is 0 Å². The van der Waals surface area contributed by atoms with Crippen molar-refractivity contribution in [3.63, 3.8) is 0 Å². The van der Waals surface area contributed by atoms with Gasteiger partial charge in [-0.3, -0.25) is 4.79 Å². The molecule has 0 radical (unpaired) electrons. The van der Waals surface area contributed by atoms with E-state index < -0.39 is 0 Å². The summed E-state index contributed by atoms with van der Waals surface area (Å²) in [6.45, 7) is 10.5. The van der Waals surface area contributed by atoms with Gasteiger partial charge in [-0.15, -0.1) is 0 Å². The van der Waals surface area contributed by atoms with Gasteiger partial charge in [0, 0.05) is 49.0 Å². The molecule has 4 heteroatoms. The first-order valence-electron chi connectivity index (χ1n) is 12.8. The van der Waals surface area contributed by atoms with Crippen molar-refractivity contribution in [3.05, 3.63) is 71.3 Å². The second-order valence-electron chi connectivity index (χ2n) is 10.0. The fourth-order valence-corrected chi connectivity index (χ4v) is 5.93. The summed E-state index contributed by atoms with van der Waals surface area (Å²) in [4.78, 5) is 17.6. The number of hydrogen-bond donors (Lipinski definition) is 1. The Morgan fingerprint density at radius 2 is 1.79 bits per heavy atom. The molecular formula is C29H37N3O. The molecule has 2 aromatic rings. The molecule has 33 heavy (non-hydrogen) atoms. The highest BCUT2D eigenvalue weighted by Gasteiger charge is 2.38. The Morgan fingerprint density at radius 1 is 1.06 bits per heavy atom. The molecule has 1 fully saturated rings. The summed E-state index contributed by atoms with van der Waals surface area (Å²) in [5, 5.41) is 3.83. The minimum Gasteiger partial charge on any atom is -0.378 e. The second-order valence-corrected chi connectivity index (χ2v) is 10.0. The molecular weight excluding hydrogens is 406 g/mol. The Balaban J connectivity index is 1.39. The molecule has 0 bridgehead atoms. The van der Waals surface area contributed by atoms with Crippen LogP contribution in [0.1, 0.15) is 73.5 Å². The lowest BCUT2D eigenvalue weighted by Crippen LogP contribution is -2.38. The number of allylic oxidation sites excluding steroid dienone is 2. The number of rotatable bonds is 5. The van der Waals surface area contributed by atoms with Crippen molar-refractivity contribution >= 4 is 17.3 Å². The third-order valence-electron chi connectivity index (χ3n) is 8.06. The number of fused-ring (bicyclic) bond motifs is 3. The zero-order chi connectivity index (χ0) is 22.9. The van der Waals surface area contributed by atoms with Gasteiger partial charge in [-0.05, 0) is 86.4 Å². The second kappa shape index (κ2) is 9.24. The Morgan fingerprint density at radius 3 is 2.48 bits per heavy atom. The topological polar surface area (TPSA) is 35.6 Å². The van der Waals surface area contributed by atoms with Gasteiger partial charge >= 0.3 is 0 Å². The molecule has 1 saturated heterocycles. The van der Waals surface area contributed by atoms with Gasteiger partial charge in [0.1, 0.15) is 0 Å². The average molecular weight is 444 g/mol. The summed E-state index contributed by atoms with van der Waals surface area (Å²) >= 11 is 0. The van der Waals surface area contributed by atoms with E-state index in [9.17, 15) is 4.79 Å². The summed E-state index contributed by atoms with van der Waals surface area (Å²) in [5.41, 5.74) is 5.92. The van der Waals surface area contributed by atoms with E-state index in [4.69, 9.17) is 0 Å². The fraction of sp³-hybridized carbons (Fsp3) is 0.483. The SMILES string of the molecule is CCN(CC)c1ccc(C2Nc3ccc(C(=O)N4CCC(C)CC4)cc3C3C=CCC32)cc1. The number of anilines is 2. The van der Waals surface area contributed by atoms with Crippen LogP contribution < -0.4 is 10.2 Å². The smallest absolute Gasteiger partial charge is 0.253 e. The predicted molar refractivity (Wildman–Crippen MR) is 137 cm³/mol. The van der Waals surface area contributed by atoms with Crippen LogP contribution >= 0.6 is 0 Å². The summed E-state index contributed by atoms with van der Waals surface area (Å²) in [7, 11) is 0. The van der Waals surface area contributed by atoms with E-state index in [-0.39, 0.29) is 11.9 Å². The zero-order valence-corrected chi connectivity index (χ0v) is 20.3. The Hall–Kier alpha value is -2.75. The molecule has 2 aromatic carbocycles. The normalized spacial score (nSPS) is 24.2. The maximum Gasteiger partial charge on any atom is 0.253 e. The van der Waals surface area contributed by atoms with Gasteiger partial charge in [-0.1, -0.05) is 31.2 Å². The molecule has 4 nitrogen and oxygen atoms in total. The Bertz CT molecular complexity index is 1020. The number of benzene rings is 2. The third kappa shape index (κ3) is 4.16. The highest BCUT2D eigenvalue weighted by atomic mass is 16.2. The molecule has 2 heterocycles. The molecule has 2 aliphatic heterocycles.